The van der Waals surface area contributed by atoms with Crippen molar-refractivity contribution in [2.24, 2.45) is 11.3 Å². The third kappa shape index (κ3) is 7.25. The number of benzene rings is 1. The minimum atomic E-state index is -0.442. The predicted molar refractivity (Wildman–Crippen MR) is 119 cm³/mol. The van der Waals surface area contributed by atoms with Gasteiger partial charge in [-0.1, -0.05) is 32.9 Å². The summed E-state index contributed by atoms with van der Waals surface area (Å²) in [5, 5.41) is 10.3. The van der Waals surface area contributed by atoms with Gasteiger partial charge < -0.3 is 14.7 Å². The quantitative estimate of drug-likeness (QED) is 0.758. The van der Waals surface area contributed by atoms with E-state index in [1.807, 2.05) is 12.1 Å². The molecule has 2 fully saturated rings. The number of likely N-dealkylation sites (N-methyl/N-ethyl adjacent to an activating group) is 1. The van der Waals surface area contributed by atoms with Gasteiger partial charge in [0.2, 0.25) is 0 Å². The molecule has 0 radical (unpaired) electrons. The van der Waals surface area contributed by atoms with E-state index in [0.717, 1.165) is 44.4 Å². The smallest absolute Gasteiger partial charge is 0.119 e. The molecule has 0 amide bonds. The highest BCUT2D eigenvalue weighted by Crippen LogP contribution is 2.34. The van der Waals surface area contributed by atoms with Crippen LogP contribution in [0.2, 0.25) is 0 Å². The summed E-state index contributed by atoms with van der Waals surface area (Å²) < 4.78 is 5.83. The fourth-order valence-electron chi connectivity index (χ4n) is 4.48. The minimum absolute atomic E-state index is 0.353. The van der Waals surface area contributed by atoms with E-state index in [4.69, 9.17) is 4.74 Å². The number of piperidine rings is 1. The molecule has 0 saturated carbocycles. The molecule has 29 heavy (non-hydrogen) atoms. The van der Waals surface area contributed by atoms with Gasteiger partial charge in [0.15, 0.2) is 0 Å². The number of hydrogen-bond donors (Lipinski definition) is 1. The summed E-state index contributed by atoms with van der Waals surface area (Å²) in [5.41, 5.74) is 1.77. The highest BCUT2D eigenvalue weighted by Gasteiger charge is 2.28. The molecule has 5 heteroatoms. The molecule has 0 unspecified atom stereocenters. The lowest BCUT2D eigenvalue weighted by atomic mass is 9.75. The van der Waals surface area contributed by atoms with Gasteiger partial charge in [0, 0.05) is 39.3 Å². The molecule has 2 saturated heterocycles. The van der Waals surface area contributed by atoms with Crippen LogP contribution in [-0.2, 0) is 6.54 Å². The van der Waals surface area contributed by atoms with Gasteiger partial charge in [0.05, 0.1) is 0 Å². The SMILES string of the molecule is CN1CCN(C[C@H](O)COc2ccc(CN3CCC(C(C)(C)C)CC3)cc2)CC1. The second-order valence-electron chi connectivity index (χ2n) is 10.1. The van der Waals surface area contributed by atoms with Crippen LogP contribution in [-0.4, -0.2) is 85.4 Å². The van der Waals surface area contributed by atoms with Crippen LogP contribution in [0.15, 0.2) is 24.3 Å². The van der Waals surface area contributed by atoms with Crippen molar-refractivity contribution >= 4 is 0 Å². The van der Waals surface area contributed by atoms with Gasteiger partial charge in [-0.15, -0.1) is 0 Å². The highest BCUT2D eigenvalue weighted by molar-refractivity contribution is 5.27. The van der Waals surface area contributed by atoms with Crippen LogP contribution < -0.4 is 4.74 Å². The zero-order valence-corrected chi connectivity index (χ0v) is 18.9. The van der Waals surface area contributed by atoms with Crippen molar-refractivity contribution in [1.82, 2.24) is 14.7 Å². The van der Waals surface area contributed by atoms with Crippen molar-refractivity contribution in [3.63, 3.8) is 0 Å². The maximum Gasteiger partial charge on any atom is 0.119 e. The first kappa shape index (κ1) is 22.5. The van der Waals surface area contributed by atoms with Crippen molar-refractivity contribution in [1.29, 1.82) is 0 Å². The fourth-order valence-corrected chi connectivity index (χ4v) is 4.48. The van der Waals surface area contributed by atoms with Gasteiger partial charge >= 0.3 is 0 Å². The molecule has 0 spiro atoms. The van der Waals surface area contributed by atoms with Gasteiger partial charge in [-0.25, -0.2) is 0 Å². The topological polar surface area (TPSA) is 39.2 Å². The first-order valence-corrected chi connectivity index (χ1v) is 11.3. The number of piperazine rings is 1. The molecule has 2 aliphatic rings. The number of rotatable bonds is 7. The van der Waals surface area contributed by atoms with Crippen LogP contribution in [0.1, 0.15) is 39.2 Å². The summed E-state index contributed by atoms with van der Waals surface area (Å²) in [5.74, 6) is 1.68. The van der Waals surface area contributed by atoms with E-state index in [0.29, 0.717) is 18.6 Å². The monoisotopic (exact) mass is 403 g/mol. The number of β-amino-alcohol motifs (C(OH)–C–C–N with tert-alkyl or cyclic N) is 1. The Kier molecular flexibility index (Phi) is 7.97. The Labute approximate surface area is 177 Å². The second-order valence-corrected chi connectivity index (χ2v) is 10.1. The molecule has 1 atom stereocenters. The zero-order chi connectivity index (χ0) is 20.9. The van der Waals surface area contributed by atoms with Crippen LogP contribution >= 0.6 is 0 Å². The molecule has 5 nitrogen and oxygen atoms in total. The van der Waals surface area contributed by atoms with Gasteiger partial charge in [-0.2, -0.15) is 0 Å². The van der Waals surface area contributed by atoms with Crippen LogP contribution in [0.4, 0.5) is 0 Å². The van der Waals surface area contributed by atoms with E-state index in [-0.39, 0.29) is 0 Å². The Bertz CT molecular complexity index is 598. The zero-order valence-electron chi connectivity index (χ0n) is 18.9. The normalized spacial score (nSPS) is 22.0. The Balaban J connectivity index is 1.37. The van der Waals surface area contributed by atoms with E-state index in [9.17, 15) is 5.11 Å². The summed E-state index contributed by atoms with van der Waals surface area (Å²) in [6.45, 7) is 15.7. The van der Waals surface area contributed by atoms with Crippen molar-refractivity contribution in [3.8, 4) is 5.75 Å². The molecule has 1 aromatic rings. The van der Waals surface area contributed by atoms with E-state index in [2.05, 4.69) is 54.7 Å². The number of likely N-dealkylation sites (tertiary alicyclic amines) is 1. The molecule has 164 valence electrons. The van der Waals surface area contributed by atoms with Crippen molar-refractivity contribution in [2.75, 3.05) is 59.5 Å². The fraction of sp³-hybridized carbons (Fsp3) is 0.750. The van der Waals surface area contributed by atoms with Crippen molar-refractivity contribution in [2.45, 2.75) is 46.3 Å². The third-order valence-corrected chi connectivity index (χ3v) is 6.65. The lowest BCUT2D eigenvalue weighted by Crippen LogP contribution is -2.47. The minimum Gasteiger partial charge on any atom is -0.491 e. The number of aliphatic hydroxyl groups is 1. The molecule has 2 aliphatic heterocycles. The average molecular weight is 404 g/mol. The Morgan fingerprint density at radius 3 is 2.17 bits per heavy atom. The molecular weight excluding hydrogens is 362 g/mol. The summed E-state index contributed by atoms with van der Waals surface area (Å²) in [6, 6.07) is 8.41. The lowest BCUT2D eigenvalue weighted by Gasteiger charge is -2.38. The van der Waals surface area contributed by atoms with Gasteiger partial charge in [0.25, 0.3) is 0 Å². The predicted octanol–water partition coefficient (Wildman–Crippen LogP) is 2.93. The first-order valence-electron chi connectivity index (χ1n) is 11.3. The molecule has 1 N–H and O–H groups in total. The molecule has 0 aromatic heterocycles. The molecular formula is C24H41N3O2. The first-order chi connectivity index (χ1) is 13.8. The van der Waals surface area contributed by atoms with Crippen LogP contribution in [0.3, 0.4) is 0 Å². The van der Waals surface area contributed by atoms with Gasteiger partial charge in [0.1, 0.15) is 18.5 Å². The largest absolute Gasteiger partial charge is 0.491 e. The summed E-state index contributed by atoms with van der Waals surface area (Å²) in [6.07, 6.45) is 2.16. The van der Waals surface area contributed by atoms with Crippen molar-refractivity contribution < 1.29 is 9.84 Å². The number of ether oxygens (including phenoxy) is 1. The maximum absolute atomic E-state index is 10.3. The molecule has 3 rings (SSSR count). The number of nitrogens with zero attached hydrogens (tertiary/aromatic N) is 3. The Morgan fingerprint density at radius 2 is 1.59 bits per heavy atom. The maximum atomic E-state index is 10.3. The molecule has 1 aromatic carbocycles. The van der Waals surface area contributed by atoms with E-state index >= 15 is 0 Å². The second kappa shape index (κ2) is 10.3. The number of aliphatic hydroxyl groups excluding tert-OH is 1. The summed E-state index contributed by atoms with van der Waals surface area (Å²) >= 11 is 0. The molecule has 0 bridgehead atoms. The van der Waals surface area contributed by atoms with Crippen molar-refractivity contribution in [3.05, 3.63) is 29.8 Å². The van der Waals surface area contributed by atoms with Crippen LogP contribution in [0.5, 0.6) is 5.75 Å². The summed E-state index contributed by atoms with van der Waals surface area (Å²) in [7, 11) is 2.15. The van der Waals surface area contributed by atoms with E-state index < -0.39 is 6.10 Å². The van der Waals surface area contributed by atoms with Crippen LogP contribution in [0, 0.1) is 11.3 Å². The number of hydrogen-bond acceptors (Lipinski definition) is 5. The lowest BCUT2D eigenvalue weighted by molar-refractivity contribution is 0.0504. The van der Waals surface area contributed by atoms with Gasteiger partial charge in [-0.3, -0.25) is 9.80 Å². The Morgan fingerprint density at radius 1 is 0.966 bits per heavy atom. The van der Waals surface area contributed by atoms with Gasteiger partial charge in [-0.05, 0) is 62.0 Å². The Hall–Kier alpha value is -1.14. The standard InChI is InChI=1S/C24H41N3O2/c1-24(2,3)21-9-11-26(12-10-21)17-20-5-7-23(8-6-20)29-19-22(28)18-27-15-13-25(4)14-16-27/h5-8,21-22,28H,9-19H2,1-4H3/t22-/m0/s1. The third-order valence-electron chi connectivity index (χ3n) is 6.65. The van der Waals surface area contributed by atoms with E-state index in [1.54, 1.807) is 0 Å². The van der Waals surface area contributed by atoms with E-state index in [1.165, 1.54) is 31.5 Å². The molecule has 2 heterocycles. The van der Waals surface area contributed by atoms with Crippen LogP contribution in [0.25, 0.3) is 0 Å². The molecule has 0 aliphatic carbocycles. The summed E-state index contributed by atoms with van der Waals surface area (Å²) in [4.78, 5) is 7.21. The highest BCUT2D eigenvalue weighted by atomic mass is 16.5. The average Bonchev–Trinajstić information content (AvgIpc) is 2.69.